The number of aliphatic hydroxyl groups is 1. The van der Waals surface area contributed by atoms with Crippen LogP contribution in [0.3, 0.4) is 0 Å². The first-order valence-electron chi connectivity index (χ1n) is 6.70. The Balaban J connectivity index is 1.99. The lowest BCUT2D eigenvalue weighted by Crippen LogP contribution is -2.04. The molecular formula is C17H17FO. The number of aryl methyl sites for hydroxylation is 1. The van der Waals surface area contributed by atoms with Crippen LogP contribution in [0.2, 0.25) is 0 Å². The monoisotopic (exact) mass is 256 g/mol. The Bertz CT molecular complexity index is 602. The predicted molar refractivity (Wildman–Crippen MR) is 73.6 cm³/mol. The van der Waals surface area contributed by atoms with Gasteiger partial charge in [0.25, 0.3) is 0 Å². The van der Waals surface area contributed by atoms with Crippen molar-refractivity contribution < 1.29 is 9.50 Å². The Morgan fingerprint density at radius 3 is 2.58 bits per heavy atom. The molecule has 3 rings (SSSR count). The second-order valence-corrected chi connectivity index (χ2v) is 5.31. The van der Waals surface area contributed by atoms with E-state index in [9.17, 15) is 9.50 Å². The maximum atomic E-state index is 13.6. The Morgan fingerprint density at radius 1 is 1.16 bits per heavy atom. The fourth-order valence-electron chi connectivity index (χ4n) is 2.48. The zero-order valence-corrected chi connectivity index (χ0v) is 10.9. The summed E-state index contributed by atoms with van der Waals surface area (Å²) in [5, 5.41) is 10.5. The quantitative estimate of drug-likeness (QED) is 0.876. The summed E-state index contributed by atoms with van der Waals surface area (Å²) in [5.41, 5.74) is 3.34. The number of hydrogen-bond donors (Lipinski definition) is 1. The summed E-state index contributed by atoms with van der Waals surface area (Å²) in [6.45, 7) is 1.73. The molecule has 0 aromatic heterocycles. The van der Waals surface area contributed by atoms with E-state index in [1.165, 1.54) is 24.5 Å². The molecule has 2 aromatic carbocycles. The van der Waals surface area contributed by atoms with Gasteiger partial charge in [-0.2, -0.15) is 0 Å². The zero-order valence-electron chi connectivity index (χ0n) is 10.9. The number of halogens is 1. The second-order valence-electron chi connectivity index (χ2n) is 5.31. The first kappa shape index (κ1) is 12.4. The Morgan fingerprint density at radius 2 is 1.89 bits per heavy atom. The summed E-state index contributed by atoms with van der Waals surface area (Å²) in [7, 11) is 0. The lowest BCUT2D eigenvalue weighted by Gasteiger charge is -2.16. The van der Waals surface area contributed by atoms with Gasteiger partial charge in [0, 0.05) is 0 Å². The van der Waals surface area contributed by atoms with Gasteiger partial charge in [0.2, 0.25) is 0 Å². The molecular weight excluding hydrogens is 239 g/mol. The molecule has 98 valence electrons. The third-order valence-corrected chi connectivity index (χ3v) is 3.82. The average Bonchev–Trinajstić information content (AvgIpc) is 3.25. The van der Waals surface area contributed by atoms with Gasteiger partial charge >= 0.3 is 0 Å². The smallest absolute Gasteiger partial charge is 0.126 e. The van der Waals surface area contributed by atoms with Gasteiger partial charge in [-0.25, -0.2) is 4.39 Å². The Labute approximate surface area is 112 Å². The molecule has 0 aliphatic heterocycles. The van der Waals surface area contributed by atoms with Crippen molar-refractivity contribution in [3.05, 3.63) is 70.5 Å². The van der Waals surface area contributed by atoms with Crippen molar-refractivity contribution in [1.29, 1.82) is 0 Å². The highest BCUT2D eigenvalue weighted by atomic mass is 19.1. The highest BCUT2D eigenvalue weighted by Crippen LogP contribution is 2.43. The highest BCUT2D eigenvalue weighted by Gasteiger charge is 2.28. The molecule has 0 amide bonds. The summed E-state index contributed by atoms with van der Waals surface area (Å²) in [4.78, 5) is 0. The molecule has 1 atom stereocenters. The Kier molecular flexibility index (Phi) is 3.11. The first-order chi connectivity index (χ1) is 9.16. The minimum Gasteiger partial charge on any atom is -0.384 e. The van der Waals surface area contributed by atoms with E-state index in [0.29, 0.717) is 17.0 Å². The molecule has 1 fully saturated rings. The number of hydrogen-bond acceptors (Lipinski definition) is 1. The van der Waals surface area contributed by atoms with E-state index in [4.69, 9.17) is 0 Å². The van der Waals surface area contributed by atoms with Gasteiger partial charge in [0.15, 0.2) is 0 Å². The van der Waals surface area contributed by atoms with E-state index in [-0.39, 0.29) is 5.82 Å². The molecule has 1 aliphatic carbocycles. The number of aliphatic hydroxyl groups excluding tert-OH is 1. The summed E-state index contributed by atoms with van der Waals surface area (Å²) in [5.74, 6) is 0.307. The van der Waals surface area contributed by atoms with E-state index in [2.05, 4.69) is 6.07 Å². The van der Waals surface area contributed by atoms with Crippen molar-refractivity contribution in [3.63, 3.8) is 0 Å². The van der Waals surface area contributed by atoms with Crippen molar-refractivity contribution in [2.24, 2.45) is 0 Å². The second kappa shape index (κ2) is 4.78. The molecule has 0 saturated heterocycles. The minimum atomic E-state index is -0.744. The average molecular weight is 256 g/mol. The van der Waals surface area contributed by atoms with Crippen LogP contribution in [0.1, 0.15) is 47.1 Å². The van der Waals surface area contributed by atoms with Crippen molar-refractivity contribution in [2.45, 2.75) is 31.8 Å². The van der Waals surface area contributed by atoms with Gasteiger partial charge in [0.1, 0.15) is 11.9 Å². The van der Waals surface area contributed by atoms with E-state index >= 15 is 0 Å². The van der Waals surface area contributed by atoms with E-state index in [0.717, 1.165) is 5.56 Å². The summed E-state index contributed by atoms with van der Waals surface area (Å²) in [6, 6.07) is 12.9. The number of benzene rings is 2. The van der Waals surface area contributed by atoms with Crippen LogP contribution >= 0.6 is 0 Å². The molecule has 19 heavy (non-hydrogen) atoms. The fourth-order valence-corrected chi connectivity index (χ4v) is 2.48. The third-order valence-electron chi connectivity index (χ3n) is 3.82. The van der Waals surface area contributed by atoms with E-state index < -0.39 is 6.10 Å². The largest absolute Gasteiger partial charge is 0.384 e. The minimum absolute atomic E-state index is 0.263. The molecule has 1 nitrogen and oxygen atoms in total. The third kappa shape index (κ3) is 2.41. The molecule has 1 unspecified atom stereocenters. The topological polar surface area (TPSA) is 20.2 Å². The van der Waals surface area contributed by atoms with Crippen LogP contribution < -0.4 is 0 Å². The zero-order chi connectivity index (χ0) is 13.4. The van der Waals surface area contributed by atoms with Gasteiger partial charge in [-0.3, -0.25) is 0 Å². The highest BCUT2D eigenvalue weighted by molar-refractivity contribution is 5.40. The molecule has 2 heteroatoms. The van der Waals surface area contributed by atoms with E-state index in [1.54, 1.807) is 19.1 Å². The van der Waals surface area contributed by atoms with Crippen LogP contribution in [0, 0.1) is 12.7 Å². The van der Waals surface area contributed by atoms with Gasteiger partial charge < -0.3 is 5.11 Å². The standard InChI is InChI=1S/C17H17FO/c1-11-6-7-13(10-16(11)18)17(19)15-5-3-2-4-14(15)12-8-9-12/h2-7,10,12,17,19H,8-9H2,1H3. The maximum Gasteiger partial charge on any atom is 0.126 e. The lowest BCUT2D eigenvalue weighted by molar-refractivity contribution is 0.218. The van der Waals surface area contributed by atoms with Crippen LogP contribution in [0.25, 0.3) is 0 Å². The van der Waals surface area contributed by atoms with Crippen LogP contribution in [0.5, 0.6) is 0 Å². The lowest BCUT2D eigenvalue weighted by atomic mass is 9.94. The van der Waals surface area contributed by atoms with Crippen LogP contribution in [0.4, 0.5) is 4.39 Å². The first-order valence-corrected chi connectivity index (χ1v) is 6.70. The summed E-state index contributed by atoms with van der Waals surface area (Å²) < 4.78 is 13.6. The maximum absolute atomic E-state index is 13.6. The SMILES string of the molecule is Cc1ccc(C(O)c2ccccc2C2CC2)cc1F. The van der Waals surface area contributed by atoms with Crippen molar-refractivity contribution >= 4 is 0 Å². The van der Waals surface area contributed by atoms with Crippen LogP contribution in [0.15, 0.2) is 42.5 Å². The molecule has 0 spiro atoms. The fraction of sp³-hybridized carbons (Fsp3) is 0.294. The van der Waals surface area contributed by atoms with Crippen molar-refractivity contribution in [2.75, 3.05) is 0 Å². The molecule has 0 radical (unpaired) electrons. The van der Waals surface area contributed by atoms with Gasteiger partial charge in [-0.1, -0.05) is 36.4 Å². The van der Waals surface area contributed by atoms with Crippen LogP contribution in [-0.4, -0.2) is 5.11 Å². The number of rotatable bonds is 3. The van der Waals surface area contributed by atoms with E-state index in [1.807, 2.05) is 18.2 Å². The van der Waals surface area contributed by atoms with Gasteiger partial charge in [-0.15, -0.1) is 0 Å². The predicted octanol–water partition coefficient (Wildman–Crippen LogP) is 4.09. The van der Waals surface area contributed by atoms with Crippen molar-refractivity contribution in [3.8, 4) is 0 Å². The Hall–Kier alpha value is -1.67. The summed E-state index contributed by atoms with van der Waals surface area (Å²) >= 11 is 0. The van der Waals surface area contributed by atoms with Crippen molar-refractivity contribution in [1.82, 2.24) is 0 Å². The molecule has 1 saturated carbocycles. The van der Waals surface area contributed by atoms with Gasteiger partial charge in [-0.05, 0) is 54.0 Å². The molecule has 1 aliphatic rings. The van der Waals surface area contributed by atoms with Gasteiger partial charge in [0.05, 0.1) is 0 Å². The summed E-state index contributed by atoms with van der Waals surface area (Å²) in [6.07, 6.45) is 1.63. The molecule has 1 N–H and O–H groups in total. The molecule has 0 bridgehead atoms. The molecule has 0 heterocycles. The normalized spacial score (nSPS) is 16.4. The molecule has 2 aromatic rings. The van der Waals surface area contributed by atoms with Crippen LogP contribution in [-0.2, 0) is 0 Å².